The van der Waals surface area contributed by atoms with Gasteiger partial charge in [0.25, 0.3) is 5.91 Å². The molecule has 0 saturated carbocycles. The number of rotatable bonds is 4. The molecule has 0 unspecified atom stereocenters. The maximum atomic E-state index is 13.2. The van der Waals surface area contributed by atoms with Gasteiger partial charge in [0, 0.05) is 16.3 Å². The van der Waals surface area contributed by atoms with Gasteiger partial charge in [-0.15, -0.1) is 22.7 Å². The van der Waals surface area contributed by atoms with E-state index in [2.05, 4.69) is 10.3 Å². The normalized spacial score (nSPS) is 11.0. The van der Waals surface area contributed by atoms with Gasteiger partial charge in [0.1, 0.15) is 0 Å². The van der Waals surface area contributed by atoms with Crippen molar-refractivity contribution in [3.63, 3.8) is 0 Å². The number of amides is 1. The molecule has 5 rings (SSSR count). The van der Waals surface area contributed by atoms with Crippen molar-refractivity contribution in [2.24, 2.45) is 0 Å². The first-order valence-electron chi connectivity index (χ1n) is 9.24. The zero-order chi connectivity index (χ0) is 21.4. The van der Waals surface area contributed by atoms with Gasteiger partial charge in [0.2, 0.25) is 0 Å². The maximum Gasteiger partial charge on any atom is 0.258 e. The number of anilines is 1. The van der Waals surface area contributed by atoms with Crippen LogP contribution in [0.5, 0.6) is 0 Å². The number of halogens is 2. The Bertz CT molecular complexity index is 1410. The summed E-state index contributed by atoms with van der Waals surface area (Å²) in [5.74, 6) is -0.230. The number of thiazole rings is 1. The number of fused-ring (bicyclic) bond motifs is 1. The van der Waals surface area contributed by atoms with E-state index in [1.54, 1.807) is 23.5 Å². The lowest BCUT2D eigenvalue weighted by Crippen LogP contribution is -2.13. The smallest absolute Gasteiger partial charge is 0.258 e. The lowest BCUT2D eigenvalue weighted by molar-refractivity contribution is 0.102. The number of para-hydroxylation sites is 1. The summed E-state index contributed by atoms with van der Waals surface area (Å²) in [5.41, 5.74) is 3.65. The topological polar surface area (TPSA) is 54.9 Å². The van der Waals surface area contributed by atoms with Crippen molar-refractivity contribution in [1.82, 2.24) is 9.97 Å². The van der Waals surface area contributed by atoms with Gasteiger partial charge in [0.15, 0.2) is 5.13 Å². The van der Waals surface area contributed by atoms with Crippen LogP contribution in [0.1, 0.15) is 10.4 Å². The fraction of sp³-hybridized carbons (Fsp3) is 0. The van der Waals surface area contributed by atoms with E-state index in [9.17, 15) is 4.79 Å². The molecule has 3 heterocycles. The van der Waals surface area contributed by atoms with Crippen molar-refractivity contribution in [2.45, 2.75) is 0 Å². The van der Waals surface area contributed by atoms with Crippen molar-refractivity contribution >= 4 is 67.8 Å². The molecule has 4 nitrogen and oxygen atoms in total. The Morgan fingerprint density at radius 1 is 0.871 bits per heavy atom. The summed E-state index contributed by atoms with van der Waals surface area (Å²) in [6, 6.07) is 18.8. The monoisotopic (exact) mass is 481 g/mol. The van der Waals surface area contributed by atoms with Crippen LogP contribution in [0.25, 0.3) is 32.7 Å². The van der Waals surface area contributed by atoms with Gasteiger partial charge in [-0.25, -0.2) is 9.97 Å². The van der Waals surface area contributed by atoms with E-state index in [1.807, 2.05) is 59.3 Å². The molecule has 0 aliphatic heterocycles. The molecule has 31 heavy (non-hydrogen) atoms. The minimum Gasteiger partial charge on any atom is -0.298 e. The Labute approximate surface area is 196 Å². The van der Waals surface area contributed by atoms with Crippen LogP contribution in [-0.4, -0.2) is 15.9 Å². The number of thiophene rings is 1. The number of carbonyl (C=O) groups is 1. The van der Waals surface area contributed by atoms with Crippen LogP contribution < -0.4 is 5.32 Å². The van der Waals surface area contributed by atoms with E-state index >= 15 is 0 Å². The average molecular weight is 482 g/mol. The lowest BCUT2D eigenvalue weighted by atomic mass is 10.1. The third-order valence-corrected chi connectivity index (χ3v) is 7.06. The van der Waals surface area contributed by atoms with Gasteiger partial charge in [-0.3, -0.25) is 10.1 Å². The van der Waals surface area contributed by atoms with E-state index < -0.39 is 0 Å². The number of hydrogen-bond donors (Lipinski definition) is 1. The Kier molecular flexibility index (Phi) is 5.46. The molecular weight excluding hydrogens is 469 g/mol. The quantitative estimate of drug-likeness (QED) is 0.286. The van der Waals surface area contributed by atoms with Crippen LogP contribution in [0, 0.1) is 0 Å². The predicted octanol–water partition coefficient (Wildman–Crippen LogP) is 7.65. The summed E-state index contributed by atoms with van der Waals surface area (Å²) in [6.07, 6.45) is 0. The van der Waals surface area contributed by atoms with E-state index in [4.69, 9.17) is 28.2 Å². The Morgan fingerprint density at radius 3 is 2.55 bits per heavy atom. The molecule has 3 aromatic heterocycles. The first kappa shape index (κ1) is 20.2. The lowest BCUT2D eigenvalue weighted by Gasteiger charge is -2.08. The number of pyridine rings is 1. The van der Waals surface area contributed by atoms with E-state index in [-0.39, 0.29) is 5.91 Å². The molecule has 2 aromatic carbocycles. The molecule has 0 atom stereocenters. The van der Waals surface area contributed by atoms with Crippen molar-refractivity contribution < 1.29 is 4.79 Å². The Balaban J connectivity index is 1.48. The average Bonchev–Trinajstić information content (AvgIpc) is 3.47. The zero-order valence-electron chi connectivity index (χ0n) is 15.8. The molecular formula is C23H13Cl2N3OS2. The molecule has 8 heteroatoms. The van der Waals surface area contributed by atoms with Crippen LogP contribution in [0.2, 0.25) is 10.0 Å². The molecule has 1 N–H and O–H groups in total. The zero-order valence-corrected chi connectivity index (χ0v) is 18.9. The largest absolute Gasteiger partial charge is 0.298 e. The van der Waals surface area contributed by atoms with Crippen LogP contribution in [-0.2, 0) is 0 Å². The second kappa shape index (κ2) is 8.40. The van der Waals surface area contributed by atoms with Crippen LogP contribution in [0.4, 0.5) is 5.13 Å². The molecule has 0 saturated heterocycles. The highest BCUT2D eigenvalue weighted by molar-refractivity contribution is 7.14. The molecule has 0 radical (unpaired) electrons. The van der Waals surface area contributed by atoms with Gasteiger partial charge in [-0.1, -0.05) is 53.5 Å². The van der Waals surface area contributed by atoms with Crippen molar-refractivity contribution in [1.29, 1.82) is 0 Å². The fourth-order valence-electron chi connectivity index (χ4n) is 3.20. The molecule has 152 valence electrons. The molecule has 0 aliphatic rings. The fourth-order valence-corrected chi connectivity index (χ4v) is 4.90. The summed E-state index contributed by atoms with van der Waals surface area (Å²) in [6.45, 7) is 0. The summed E-state index contributed by atoms with van der Waals surface area (Å²) < 4.78 is 0. The second-order valence-electron chi connectivity index (χ2n) is 6.67. The molecule has 1 amide bonds. The highest BCUT2D eigenvalue weighted by Gasteiger charge is 2.16. The van der Waals surface area contributed by atoms with Crippen LogP contribution >= 0.6 is 45.9 Å². The minimum absolute atomic E-state index is 0.230. The van der Waals surface area contributed by atoms with E-state index in [1.165, 1.54) is 11.3 Å². The third-order valence-electron chi connectivity index (χ3n) is 4.67. The van der Waals surface area contributed by atoms with E-state index in [0.29, 0.717) is 20.7 Å². The highest BCUT2D eigenvalue weighted by Crippen LogP contribution is 2.32. The summed E-state index contributed by atoms with van der Waals surface area (Å²) >= 11 is 15.1. The number of nitrogens with one attached hydrogen (secondary N) is 1. The van der Waals surface area contributed by atoms with Crippen molar-refractivity contribution in [3.8, 4) is 21.8 Å². The summed E-state index contributed by atoms with van der Waals surface area (Å²) in [5, 5.41) is 9.03. The van der Waals surface area contributed by atoms with Gasteiger partial charge in [-0.2, -0.15) is 0 Å². The first-order chi connectivity index (χ1) is 15.1. The Morgan fingerprint density at radius 2 is 1.74 bits per heavy atom. The number of aromatic nitrogens is 2. The third kappa shape index (κ3) is 4.07. The predicted molar refractivity (Wildman–Crippen MR) is 131 cm³/mol. The number of hydrogen-bond acceptors (Lipinski definition) is 5. The summed E-state index contributed by atoms with van der Waals surface area (Å²) in [7, 11) is 0. The molecule has 0 fully saturated rings. The molecule has 0 aliphatic carbocycles. The Hall–Kier alpha value is -2.77. The first-order valence-corrected chi connectivity index (χ1v) is 11.8. The second-order valence-corrected chi connectivity index (χ2v) is 9.29. The standard InChI is InChI=1S/C23H13Cl2N3OS2/c24-16-8-7-13(10-17(16)25)20-12-31-23(27-20)28-22(29)15-11-19(21-6-3-9-30-21)26-18-5-2-1-4-14(15)18/h1-12H,(H,27,28,29). The van der Waals surface area contributed by atoms with Gasteiger partial charge in [0.05, 0.1) is 37.4 Å². The summed E-state index contributed by atoms with van der Waals surface area (Å²) in [4.78, 5) is 23.5. The maximum absolute atomic E-state index is 13.2. The molecule has 5 aromatic rings. The molecule has 0 bridgehead atoms. The van der Waals surface area contributed by atoms with Crippen LogP contribution in [0.15, 0.2) is 71.4 Å². The van der Waals surface area contributed by atoms with Crippen molar-refractivity contribution in [2.75, 3.05) is 5.32 Å². The van der Waals surface area contributed by atoms with Gasteiger partial charge >= 0.3 is 0 Å². The van der Waals surface area contributed by atoms with E-state index in [0.717, 1.165) is 32.7 Å². The highest BCUT2D eigenvalue weighted by atomic mass is 35.5. The molecule has 0 spiro atoms. The van der Waals surface area contributed by atoms with Crippen LogP contribution in [0.3, 0.4) is 0 Å². The van der Waals surface area contributed by atoms with Crippen molar-refractivity contribution in [3.05, 3.63) is 87.0 Å². The number of carbonyl (C=O) groups excluding carboxylic acids is 1. The minimum atomic E-state index is -0.230. The SMILES string of the molecule is O=C(Nc1nc(-c2ccc(Cl)c(Cl)c2)cs1)c1cc(-c2cccs2)nc2ccccc12. The van der Waals surface area contributed by atoms with Gasteiger partial charge in [-0.05, 0) is 35.7 Å². The number of benzene rings is 2. The van der Waals surface area contributed by atoms with Gasteiger partial charge < -0.3 is 0 Å². The number of nitrogens with zero attached hydrogens (tertiary/aromatic N) is 2.